The van der Waals surface area contributed by atoms with Crippen molar-refractivity contribution >= 4 is 17.5 Å². The van der Waals surface area contributed by atoms with Gasteiger partial charge >= 0.3 is 0 Å². The summed E-state index contributed by atoms with van der Waals surface area (Å²) in [6.07, 6.45) is 0. The summed E-state index contributed by atoms with van der Waals surface area (Å²) in [4.78, 5) is 29.6. The Labute approximate surface area is 185 Å². The zero-order valence-corrected chi connectivity index (χ0v) is 19.0. The summed E-state index contributed by atoms with van der Waals surface area (Å²) in [5.41, 5.74) is 4.15. The number of nitrogens with one attached hydrogen (secondary N) is 2. The monoisotopic (exact) mass is 422 g/mol. The number of amides is 2. The van der Waals surface area contributed by atoms with E-state index in [9.17, 15) is 9.59 Å². The zero-order chi connectivity index (χ0) is 22.4. The van der Waals surface area contributed by atoms with E-state index in [1.807, 2.05) is 76.2 Å². The lowest BCUT2D eigenvalue weighted by atomic mass is 10.1. The fraction of sp³-hybridized carbons (Fsp3) is 0.440. The molecule has 2 atom stereocenters. The maximum Gasteiger partial charge on any atom is 0.238 e. The van der Waals surface area contributed by atoms with Gasteiger partial charge in [-0.25, -0.2) is 0 Å². The van der Waals surface area contributed by atoms with Crippen molar-refractivity contribution in [2.45, 2.75) is 39.8 Å². The average Bonchev–Trinajstić information content (AvgIpc) is 2.77. The molecule has 31 heavy (non-hydrogen) atoms. The number of rotatable bonds is 7. The van der Waals surface area contributed by atoms with Gasteiger partial charge in [-0.3, -0.25) is 19.4 Å². The highest BCUT2D eigenvalue weighted by atomic mass is 16.2. The van der Waals surface area contributed by atoms with E-state index in [0.717, 1.165) is 48.6 Å². The minimum atomic E-state index is -0.197. The number of para-hydroxylation sites is 1. The molecular weight excluding hydrogens is 388 g/mol. The van der Waals surface area contributed by atoms with E-state index < -0.39 is 0 Å². The average molecular weight is 423 g/mol. The highest BCUT2D eigenvalue weighted by Crippen LogP contribution is 2.19. The first-order chi connectivity index (χ1) is 14.8. The second-order valence-electron chi connectivity index (χ2n) is 8.44. The molecule has 1 fully saturated rings. The lowest BCUT2D eigenvalue weighted by Crippen LogP contribution is -2.55. The van der Waals surface area contributed by atoms with E-state index in [2.05, 4.69) is 20.4 Å². The molecule has 0 unspecified atom stereocenters. The van der Waals surface area contributed by atoms with E-state index in [4.69, 9.17) is 0 Å². The van der Waals surface area contributed by atoms with E-state index >= 15 is 0 Å². The molecule has 1 aliphatic rings. The minimum absolute atomic E-state index is 0.00771. The fourth-order valence-electron chi connectivity index (χ4n) is 4.03. The molecule has 2 aromatic carbocycles. The number of carbonyl (C=O) groups is 2. The summed E-state index contributed by atoms with van der Waals surface area (Å²) in [6.45, 7) is 11.4. The first kappa shape index (κ1) is 23.0. The van der Waals surface area contributed by atoms with Crippen molar-refractivity contribution in [1.29, 1.82) is 0 Å². The minimum Gasteiger partial charge on any atom is -0.348 e. The molecule has 1 saturated heterocycles. The number of benzene rings is 2. The Balaban J connectivity index is 1.45. The summed E-state index contributed by atoms with van der Waals surface area (Å²) in [5.74, 6) is 0.0471. The molecule has 0 spiro atoms. The van der Waals surface area contributed by atoms with Gasteiger partial charge in [-0.2, -0.15) is 0 Å². The number of aryl methyl sites for hydroxylation is 2. The quantitative estimate of drug-likeness (QED) is 0.720. The number of hydrogen-bond donors (Lipinski definition) is 2. The van der Waals surface area contributed by atoms with Crippen LogP contribution in [0.2, 0.25) is 0 Å². The van der Waals surface area contributed by atoms with Crippen LogP contribution in [0, 0.1) is 13.8 Å². The number of piperazine rings is 1. The van der Waals surface area contributed by atoms with Crippen molar-refractivity contribution < 1.29 is 9.59 Å². The van der Waals surface area contributed by atoms with E-state index in [-0.39, 0.29) is 23.9 Å². The van der Waals surface area contributed by atoms with Crippen LogP contribution >= 0.6 is 0 Å². The number of nitrogens with zero attached hydrogens (tertiary/aromatic N) is 2. The zero-order valence-electron chi connectivity index (χ0n) is 19.0. The third-order valence-corrected chi connectivity index (χ3v) is 6.11. The Hall–Kier alpha value is -2.70. The van der Waals surface area contributed by atoms with Gasteiger partial charge in [-0.05, 0) is 44.4 Å². The SMILES string of the molecule is Cc1cccc(C)c1NC(=O)CN1CCN([C@@H](C)C(=O)N[C@@H](C)c2ccccc2)CC1. The topological polar surface area (TPSA) is 64.7 Å². The standard InChI is InChI=1S/C25H34N4O2/c1-18-9-8-10-19(2)24(18)27-23(30)17-28-13-15-29(16-14-28)21(4)25(31)26-20(3)22-11-6-5-7-12-22/h5-12,20-21H,13-17H2,1-4H3,(H,26,31)(H,27,30)/t20-,21-/m0/s1. The molecule has 0 radical (unpaired) electrons. The predicted octanol–water partition coefficient (Wildman–Crippen LogP) is 3.13. The summed E-state index contributed by atoms with van der Waals surface area (Å²) < 4.78 is 0. The molecule has 2 aromatic rings. The van der Waals surface area contributed by atoms with E-state index in [1.165, 1.54) is 0 Å². The highest BCUT2D eigenvalue weighted by molar-refractivity contribution is 5.93. The molecule has 0 bridgehead atoms. The third kappa shape index (κ3) is 6.15. The summed E-state index contributed by atoms with van der Waals surface area (Å²) in [6, 6.07) is 15.8. The van der Waals surface area contributed by atoms with Crippen LogP contribution in [-0.2, 0) is 9.59 Å². The molecule has 166 valence electrons. The second kappa shape index (κ2) is 10.6. The second-order valence-corrected chi connectivity index (χ2v) is 8.44. The molecule has 1 aliphatic heterocycles. The smallest absolute Gasteiger partial charge is 0.238 e. The van der Waals surface area contributed by atoms with E-state index in [1.54, 1.807) is 0 Å². The van der Waals surface area contributed by atoms with Crippen LogP contribution in [0.3, 0.4) is 0 Å². The maximum atomic E-state index is 12.7. The molecule has 2 N–H and O–H groups in total. The van der Waals surface area contributed by atoms with Crippen molar-refractivity contribution in [3.63, 3.8) is 0 Å². The Bertz CT molecular complexity index is 871. The number of carbonyl (C=O) groups excluding carboxylic acids is 2. The lowest BCUT2D eigenvalue weighted by molar-refractivity contribution is -0.127. The Morgan fingerprint density at radius 2 is 1.52 bits per heavy atom. The maximum absolute atomic E-state index is 12.7. The van der Waals surface area contributed by atoms with Gasteiger partial charge in [0.15, 0.2) is 0 Å². The Morgan fingerprint density at radius 3 is 2.13 bits per heavy atom. The van der Waals surface area contributed by atoms with Crippen molar-refractivity contribution in [2.24, 2.45) is 0 Å². The first-order valence-corrected chi connectivity index (χ1v) is 11.0. The van der Waals surface area contributed by atoms with Gasteiger partial charge in [0, 0.05) is 31.9 Å². The van der Waals surface area contributed by atoms with Gasteiger partial charge < -0.3 is 10.6 Å². The molecule has 6 nitrogen and oxygen atoms in total. The van der Waals surface area contributed by atoms with Crippen LogP contribution in [0.1, 0.15) is 36.6 Å². The molecule has 0 aliphatic carbocycles. The van der Waals surface area contributed by atoms with Crippen LogP contribution in [0.4, 0.5) is 5.69 Å². The molecule has 0 aromatic heterocycles. The van der Waals surface area contributed by atoms with Crippen molar-refractivity contribution in [3.8, 4) is 0 Å². The predicted molar refractivity (Wildman–Crippen MR) is 125 cm³/mol. The van der Waals surface area contributed by atoms with Crippen LogP contribution in [0.15, 0.2) is 48.5 Å². The molecule has 6 heteroatoms. The number of hydrogen-bond acceptors (Lipinski definition) is 4. The van der Waals surface area contributed by atoms with Crippen molar-refractivity contribution in [2.75, 3.05) is 38.0 Å². The van der Waals surface area contributed by atoms with E-state index in [0.29, 0.717) is 6.54 Å². The summed E-state index contributed by atoms with van der Waals surface area (Å²) in [7, 11) is 0. The van der Waals surface area contributed by atoms with Crippen molar-refractivity contribution in [1.82, 2.24) is 15.1 Å². The van der Waals surface area contributed by atoms with Gasteiger partial charge in [-0.1, -0.05) is 48.5 Å². The van der Waals surface area contributed by atoms with Crippen LogP contribution < -0.4 is 10.6 Å². The van der Waals surface area contributed by atoms with Crippen molar-refractivity contribution in [3.05, 3.63) is 65.2 Å². The molecule has 3 rings (SSSR count). The first-order valence-electron chi connectivity index (χ1n) is 11.0. The highest BCUT2D eigenvalue weighted by Gasteiger charge is 2.27. The number of anilines is 1. The normalized spacial score (nSPS) is 17.0. The van der Waals surface area contributed by atoms with Gasteiger partial charge in [0.05, 0.1) is 18.6 Å². The summed E-state index contributed by atoms with van der Waals surface area (Å²) >= 11 is 0. The largest absolute Gasteiger partial charge is 0.348 e. The van der Waals surface area contributed by atoms with Crippen LogP contribution in [-0.4, -0.2) is 60.4 Å². The molecule has 2 amide bonds. The van der Waals surface area contributed by atoms with Gasteiger partial charge in [0.2, 0.25) is 11.8 Å². The Kier molecular flexibility index (Phi) is 7.82. The van der Waals surface area contributed by atoms with Gasteiger partial charge in [-0.15, -0.1) is 0 Å². The molecular formula is C25H34N4O2. The van der Waals surface area contributed by atoms with Crippen LogP contribution in [0.25, 0.3) is 0 Å². The molecule has 1 heterocycles. The van der Waals surface area contributed by atoms with Gasteiger partial charge in [0.1, 0.15) is 0 Å². The van der Waals surface area contributed by atoms with Gasteiger partial charge in [0.25, 0.3) is 0 Å². The molecule has 0 saturated carbocycles. The van der Waals surface area contributed by atoms with Crippen LogP contribution in [0.5, 0.6) is 0 Å². The third-order valence-electron chi connectivity index (χ3n) is 6.11. The lowest BCUT2D eigenvalue weighted by Gasteiger charge is -2.37. The summed E-state index contributed by atoms with van der Waals surface area (Å²) in [5, 5.41) is 6.17. The fourth-order valence-corrected chi connectivity index (χ4v) is 4.03. The Morgan fingerprint density at radius 1 is 0.903 bits per heavy atom.